The summed E-state index contributed by atoms with van der Waals surface area (Å²) in [7, 11) is 0. The van der Waals surface area contributed by atoms with Gasteiger partial charge in [0.2, 0.25) is 5.91 Å². The molecule has 1 aliphatic carbocycles. The van der Waals surface area contributed by atoms with Gasteiger partial charge >= 0.3 is 12.3 Å². The minimum atomic E-state index is -4.88. The number of amides is 4. The normalized spacial score (nSPS) is 16.7. The molecule has 2 aromatic rings. The van der Waals surface area contributed by atoms with Crippen LogP contribution >= 0.6 is 22.9 Å². The first-order valence-corrected chi connectivity index (χ1v) is 13.1. The lowest BCUT2D eigenvalue weighted by molar-refractivity contribution is -0.137. The van der Waals surface area contributed by atoms with Gasteiger partial charge in [0.05, 0.1) is 27.1 Å². The molecule has 0 bridgehead atoms. The SMILES string of the molecule is O=C(NC(CNC(=O)c1ccc(Cl)s1)C(=O)Nc1ccc(N2CCOCC2=O)cc1C(F)(F)F)OC1CCC1. The van der Waals surface area contributed by atoms with E-state index in [9.17, 15) is 32.3 Å². The monoisotopic (exact) mass is 588 g/mol. The number of rotatable bonds is 8. The highest BCUT2D eigenvalue weighted by Gasteiger charge is 2.36. The van der Waals surface area contributed by atoms with Gasteiger partial charge in [-0.3, -0.25) is 14.4 Å². The molecule has 1 aromatic carbocycles. The highest BCUT2D eigenvalue weighted by molar-refractivity contribution is 7.18. The van der Waals surface area contributed by atoms with Crippen molar-refractivity contribution in [2.75, 3.05) is 36.5 Å². The molecule has 15 heteroatoms. The van der Waals surface area contributed by atoms with E-state index in [1.165, 1.54) is 18.2 Å². The third-order valence-corrected chi connectivity index (χ3v) is 7.29. The molecule has 2 fully saturated rings. The summed E-state index contributed by atoms with van der Waals surface area (Å²) in [6, 6.07) is 4.55. The Labute approximate surface area is 229 Å². The third-order valence-electron chi connectivity index (χ3n) is 6.06. The molecule has 39 heavy (non-hydrogen) atoms. The van der Waals surface area contributed by atoms with E-state index in [1.807, 2.05) is 0 Å². The van der Waals surface area contributed by atoms with Crippen LogP contribution in [0.1, 0.15) is 34.5 Å². The van der Waals surface area contributed by atoms with Crippen LogP contribution in [0.15, 0.2) is 30.3 Å². The number of thiophene rings is 1. The largest absolute Gasteiger partial charge is 0.446 e. The van der Waals surface area contributed by atoms with Gasteiger partial charge in [-0.2, -0.15) is 13.2 Å². The van der Waals surface area contributed by atoms with Crippen LogP contribution in [-0.4, -0.2) is 62.3 Å². The Morgan fingerprint density at radius 2 is 1.97 bits per heavy atom. The van der Waals surface area contributed by atoms with Crippen LogP contribution in [0, 0.1) is 0 Å². The molecule has 0 spiro atoms. The zero-order chi connectivity index (χ0) is 28.2. The molecule has 0 radical (unpaired) electrons. The maximum atomic E-state index is 14.0. The van der Waals surface area contributed by atoms with E-state index in [1.54, 1.807) is 0 Å². The molecule has 1 saturated carbocycles. The topological polar surface area (TPSA) is 126 Å². The fourth-order valence-electron chi connectivity index (χ4n) is 3.80. The maximum absolute atomic E-state index is 14.0. The number of carbonyl (C=O) groups excluding carboxylic acids is 4. The maximum Gasteiger partial charge on any atom is 0.418 e. The number of nitrogens with zero attached hydrogens (tertiary/aromatic N) is 1. The van der Waals surface area contributed by atoms with Crippen molar-refractivity contribution in [3.63, 3.8) is 0 Å². The Kier molecular flexibility index (Phi) is 8.97. The number of benzene rings is 1. The molecule has 1 unspecified atom stereocenters. The molecule has 1 saturated heterocycles. The number of halogens is 4. The zero-order valence-corrected chi connectivity index (χ0v) is 21.9. The van der Waals surface area contributed by atoms with E-state index in [4.69, 9.17) is 21.1 Å². The highest BCUT2D eigenvalue weighted by Crippen LogP contribution is 2.37. The van der Waals surface area contributed by atoms with Crippen LogP contribution in [0.25, 0.3) is 0 Å². The van der Waals surface area contributed by atoms with E-state index in [0.717, 1.165) is 34.8 Å². The average Bonchev–Trinajstić information content (AvgIpc) is 3.30. The fraction of sp³-hybridized carbons (Fsp3) is 0.417. The molecule has 1 aromatic heterocycles. The summed E-state index contributed by atoms with van der Waals surface area (Å²) < 4.78 is 52.4. The lowest BCUT2D eigenvalue weighted by Crippen LogP contribution is -2.51. The highest BCUT2D eigenvalue weighted by atomic mass is 35.5. The number of nitrogens with one attached hydrogen (secondary N) is 3. The lowest BCUT2D eigenvalue weighted by Gasteiger charge is -2.28. The van der Waals surface area contributed by atoms with Crippen molar-refractivity contribution in [3.05, 3.63) is 45.1 Å². The van der Waals surface area contributed by atoms with Gasteiger partial charge < -0.3 is 30.3 Å². The van der Waals surface area contributed by atoms with Gasteiger partial charge in [-0.25, -0.2) is 4.79 Å². The summed E-state index contributed by atoms with van der Waals surface area (Å²) >= 11 is 6.84. The molecule has 2 heterocycles. The molecule has 4 rings (SSSR count). The molecule has 1 aliphatic heterocycles. The van der Waals surface area contributed by atoms with Gasteiger partial charge in [0, 0.05) is 18.8 Å². The van der Waals surface area contributed by atoms with E-state index in [-0.39, 0.29) is 36.4 Å². The minimum Gasteiger partial charge on any atom is -0.446 e. The van der Waals surface area contributed by atoms with Crippen molar-refractivity contribution >= 4 is 58.1 Å². The summed E-state index contributed by atoms with van der Waals surface area (Å²) in [5.74, 6) is -2.11. The van der Waals surface area contributed by atoms with Crippen molar-refractivity contribution in [1.82, 2.24) is 10.6 Å². The quantitative estimate of drug-likeness (QED) is 0.431. The summed E-state index contributed by atoms with van der Waals surface area (Å²) in [6.07, 6.45) is -3.94. The molecule has 10 nitrogen and oxygen atoms in total. The number of hydrogen-bond acceptors (Lipinski definition) is 7. The number of ether oxygens (including phenoxy) is 2. The summed E-state index contributed by atoms with van der Waals surface area (Å²) in [5, 5.41) is 6.97. The minimum absolute atomic E-state index is 0.00533. The fourth-order valence-corrected chi connectivity index (χ4v) is 4.76. The predicted molar refractivity (Wildman–Crippen MR) is 136 cm³/mol. The van der Waals surface area contributed by atoms with E-state index >= 15 is 0 Å². The Bertz CT molecular complexity index is 1250. The summed E-state index contributed by atoms with van der Waals surface area (Å²) in [5.41, 5.74) is -1.79. The Morgan fingerprint density at radius 1 is 1.21 bits per heavy atom. The number of carbonyl (C=O) groups is 4. The molecule has 3 N–H and O–H groups in total. The predicted octanol–water partition coefficient (Wildman–Crippen LogP) is 3.80. The van der Waals surface area contributed by atoms with Gasteiger partial charge in [-0.05, 0) is 49.6 Å². The number of alkyl halides is 3. The number of hydrogen-bond donors (Lipinski definition) is 3. The van der Waals surface area contributed by atoms with Gasteiger partial charge in [0.1, 0.15) is 18.8 Å². The summed E-state index contributed by atoms with van der Waals surface area (Å²) in [4.78, 5) is 51.4. The van der Waals surface area contributed by atoms with Crippen molar-refractivity contribution in [3.8, 4) is 0 Å². The standard InChI is InChI=1S/C24H24ClF3N4O6S/c25-19-7-6-18(39-19)22(35)29-11-17(31-23(36)38-14-2-1-3-14)21(34)30-16-5-4-13(10-15(16)24(26,27)28)32-8-9-37-12-20(32)33/h4-7,10,14,17H,1-3,8-9,11-12H2,(H,29,35)(H,30,34)(H,31,36). The molecular weight excluding hydrogens is 565 g/mol. The van der Waals surface area contributed by atoms with Crippen molar-refractivity contribution in [2.24, 2.45) is 0 Å². The van der Waals surface area contributed by atoms with E-state index < -0.39 is 53.8 Å². The second-order valence-corrected chi connectivity index (χ2v) is 10.5. The van der Waals surface area contributed by atoms with E-state index in [0.29, 0.717) is 17.2 Å². The Morgan fingerprint density at radius 3 is 2.59 bits per heavy atom. The smallest absolute Gasteiger partial charge is 0.418 e. The van der Waals surface area contributed by atoms with E-state index in [2.05, 4.69) is 16.0 Å². The molecule has 2 aliphatic rings. The van der Waals surface area contributed by atoms with Crippen LogP contribution in [-0.2, 0) is 25.2 Å². The molecule has 4 amide bonds. The average molecular weight is 589 g/mol. The number of morpholine rings is 1. The first-order chi connectivity index (χ1) is 18.5. The van der Waals surface area contributed by atoms with Crippen molar-refractivity contribution in [1.29, 1.82) is 0 Å². The Hall–Kier alpha value is -3.36. The lowest BCUT2D eigenvalue weighted by atomic mass is 9.96. The Balaban J connectivity index is 1.52. The number of alkyl carbamates (subject to hydrolysis) is 1. The first-order valence-electron chi connectivity index (χ1n) is 11.9. The van der Waals surface area contributed by atoms with Crippen LogP contribution in [0.3, 0.4) is 0 Å². The summed E-state index contributed by atoms with van der Waals surface area (Å²) in [6.45, 7) is -0.458. The van der Waals surface area contributed by atoms with Crippen LogP contribution in [0.5, 0.6) is 0 Å². The van der Waals surface area contributed by atoms with Crippen LogP contribution in [0.2, 0.25) is 4.34 Å². The molecular formula is C24H24ClF3N4O6S. The van der Waals surface area contributed by atoms with Gasteiger partial charge in [0.25, 0.3) is 11.8 Å². The molecule has 1 atom stereocenters. The second kappa shape index (κ2) is 12.2. The third kappa shape index (κ3) is 7.40. The van der Waals surface area contributed by atoms with Crippen molar-refractivity contribution < 1.29 is 41.8 Å². The van der Waals surface area contributed by atoms with Gasteiger partial charge in [-0.15, -0.1) is 11.3 Å². The zero-order valence-electron chi connectivity index (χ0n) is 20.3. The second-order valence-electron chi connectivity index (χ2n) is 8.78. The molecule has 210 valence electrons. The van der Waals surface area contributed by atoms with Crippen LogP contribution < -0.4 is 20.9 Å². The van der Waals surface area contributed by atoms with Crippen molar-refractivity contribution in [2.45, 2.75) is 37.6 Å². The first kappa shape index (κ1) is 28.6. The van der Waals surface area contributed by atoms with Crippen LogP contribution in [0.4, 0.5) is 29.3 Å². The number of anilines is 2. The van der Waals surface area contributed by atoms with Gasteiger partial charge in [-0.1, -0.05) is 11.6 Å². The van der Waals surface area contributed by atoms with Gasteiger partial charge in [0.15, 0.2) is 0 Å².